The van der Waals surface area contributed by atoms with E-state index < -0.39 is 0 Å². The van der Waals surface area contributed by atoms with Crippen molar-refractivity contribution in [2.75, 3.05) is 5.32 Å². The molecule has 0 radical (unpaired) electrons. The van der Waals surface area contributed by atoms with Crippen LogP contribution in [-0.4, -0.2) is 11.8 Å². The fourth-order valence-corrected chi connectivity index (χ4v) is 3.91. The number of anilines is 1. The number of benzene rings is 4. The molecule has 0 amide bonds. The molecule has 0 aliphatic heterocycles. The van der Waals surface area contributed by atoms with Gasteiger partial charge in [-0.2, -0.15) is 4.99 Å². The van der Waals surface area contributed by atoms with E-state index in [-0.39, 0.29) is 0 Å². The number of rotatable bonds is 6. The molecule has 0 aromatic heterocycles. The highest BCUT2D eigenvalue weighted by Gasteiger charge is 1.97. The first-order valence-corrected chi connectivity index (χ1v) is 12.5. The summed E-state index contributed by atoms with van der Waals surface area (Å²) >= 11 is 0. The monoisotopic (exact) mass is 488 g/mol. The number of aliphatic imine (C=N–C) groups is 3. The second-order valence-corrected chi connectivity index (χ2v) is 9.25. The van der Waals surface area contributed by atoms with E-state index in [1.807, 2.05) is 67.6 Å². The van der Waals surface area contributed by atoms with Crippen molar-refractivity contribution in [2.45, 2.75) is 47.7 Å². The van der Waals surface area contributed by atoms with Gasteiger partial charge in [0.15, 0.2) is 0 Å². The van der Waals surface area contributed by atoms with E-state index in [1.165, 1.54) is 33.4 Å². The number of aryl methyl sites for hydroxylation is 4. The zero-order valence-corrected chi connectivity index (χ0v) is 22.5. The molecule has 0 unspecified atom stereocenters. The lowest BCUT2D eigenvalue weighted by molar-refractivity contribution is 1.06. The summed E-state index contributed by atoms with van der Waals surface area (Å²) in [4.78, 5) is 13.0. The Labute approximate surface area is 221 Å². The average molecular weight is 489 g/mol. The van der Waals surface area contributed by atoms with Crippen LogP contribution in [0.25, 0.3) is 0 Å². The lowest BCUT2D eigenvalue weighted by Crippen LogP contribution is -2.08. The highest BCUT2D eigenvalue weighted by Crippen LogP contribution is 2.16. The van der Waals surface area contributed by atoms with Gasteiger partial charge in [-0.3, -0.25) is 4.99 Å². The zero-order chi connectivity index (χ0) is 26.5. The van der Waals surface area contributed by atoms with Crippen LogP contribution in [-0.2, 0) is 13.1 Å². The first kappa shape index (κ1) is 27.3. The first-order valence-electron chi connectivity index (χ1n) is 12.5. The van der Waals surface area contributed by atoms with E-state index in [2.05, 4.69) is 90.4 Å². The minimum absolute atomic E-state index is 0.620. The van der Waals surface area contributed by atoms with Gasteiger partial charge >= 0.3 is 0 Å². The van der Waals surface area contributed by atoms with E-state index in [1.54, 1.807) is 0 Å². The van der Waals surface area contributed by atoms with Crippen molar-refractivity contribution >= 4 is 23.2 Å². The Morgan fingerprint density at radius 1 is 0.649 bits per heavy atom. The van der Waals surface area contributed by atoms with Crippen LogP contribution in [0.2, 0.25) is 0 Å². The van der Waals surface area contributed by atoms with Crippen molar-refractivity contribution in [1.29, 1.82) is 0 Å². The van der Waals surface area contributed by atoms with E-state index in [0.29, 0.717) is 13.1 Å². The standard InChI is InChI=1S/C17H20N2.C16H16N2/c1-13-9-14(2)11-17(10-13)19-15(3)18-12-16-7-5-4-6-8-16;1-13-8-14(2)10-16(9-13)18-12-17-11-15-6-4-3-5-7-15/h4-11H,12H2,1-3H3,(H,18,19);3-10H,11H2,1-2H3. The van der Waals surface area contributed by atoms with E-state index in [0.717, 1.165) is 17.2 Å². The molecule has 1 N–H and O–H groups in total. The molecule has 4 nitrogen and oxygen atoms in total. The quantitative estimate of drug-likeness (QED) is 0.214. The molecule has 0 atom stereocenters. The second-order valence-electron chi connectivity index (χ2n) is 9.25. The van der Waals surface area contributed by atoms with Crippen molar-refractivity contribution < 1.29 is 0 Å². The van der Waals surface area contributed by atoms with E-state index >= 15 is 0 Å². The summed E-state index contributed by atoms with van der Waals surface area (Å²) < 4.78 is 0. The van der Waals surface area contributed by atoms with Crippen LogP contribution in [0.5, 0.6) is 0 Å². The molecule has 0 spiro atoms. The zero-order valence-electron chi connectivity index (χ0n) is 22.5. The molecule has 4 aromatic carbocycles. The maximum absolute atomic E-state index is 4.55. The Hall–Kier alpha value is -4.27. The average Bonchev–Trinajstić information content (AvgIpc) is 2.86. The van der Waals surface area contributed by atoms with Gasteiger partial charge in [-0.25, -0.2) is 4.99 Å². The summed E-state index contributed by atoms with van der Waals surface area (Å²) in [6.45, 7) is 11.7. The molecule has 0 aliphatic carbocycles. The molecule has 4 rings (SSSR count). The van der Waals surface area contributed by atoms with Gasteiger partial charge < -0.3 is 5.32 Å². The van der Waals surface area contributed by atoms with Crippen LogP contribution in [0.4, 0.5) is 11.4 Å². The highest BCUT2D eigenvalue weighted by atomic mass is 15.0. The third kappa shape index (κ3) is 10.5. The summed E-state index contributed by atoms with van der Waals surface area (Å²) in [5.74, 6) is 0.939. The highest BCUT2D eigenvalue weighted by molar-refractivity contribution is 5.93. The third-order valence-electron chi connectivity index (χ3n) is 5.45. The maximum Gasteiger partial charge on any atom is 0.0979 e. The topological polar surface area (TPSA) is 49.1 Å². The van der Waals surface area contributed by atoms with Crippen LogP contribution in [0, 0.1) is 27.7 Å². The Bertz CT molecular complexity index is 1330. The first-order chi connectivity index (χ1) is 17.9. The summed E-state index contributed by atoms with van der Waals surface area (Å²) in [6.07, 6.45) is 0. The predicted octanol–water partition coefficient (Wildman–Crippen LogP) is 8.64. The van der Waals surface area contributed by atoms with Crippen molar-refractivity contribution in [2.24, 2.45) is 15.0 Å². The van der Waals surface area contributed by atoms with Crippen LogP contribution in [0.1, 0.15) is 40.3 Å². The minimum Gasteiger partial charge on any atom is -0.344 e. The number of hydrogen-bond donors (Lipinski definition) is 1. The van der Waals surface area contributed by atoms with Crippen LogP contribution < -0.4 is 5.32 Å². The molecule has 188 valence electrons. The smallest absolute Gasteiger partial charge is 0.0979 e. The fourth-order valence-electron chi connectivity index (χ4n) is 3.91. The van der Waals surface area contributed by atoms with E-state index in [9.17, 15) is 0 Å². The van der Waals surface area contributed by atoms with Gasteiger partial charge in [0.2, 0.25) is 0 Å². The molecule has 0 saturated carbocycles. The maximum atomic E-state index is 4.55. The van der Waals surface area contributed by atoms with Crippen molar-refractivity contribution in [3.8, 4) is 0 Å². The summed E-state index contributed by atoms with van der Waals surface area (Å²) in [5, 5.41) is 3.34. The Morgan fingerprint density at radius 3 is 1.68 bits per heavy atom. The van der Waals surface area contributed by atoms with Crippen molar-refractivity contribution in [1.82, 2.24) is 0 Å². The van der Waals surface area contributed by atoms with Gasteiger partial charge in [0.1, 0.15) is 0 Å². The van der Waals surface area contributed by atoms with Gasteiger partial charge in [-0.05, 0) is 92.3 Å². The number of amidine groups is 1. The van der Waals surface area contributed by atoms with E-state index in [4.69, 9.17) is 0 Å². The normalized spacial score (nSPS) is 10.6. The largest absolute Gasteiger partial charge is 0.344 e. The van der Waals surface area contributed by atoms with Crippen molar-refractivity contribution in [3.63, 3.8) is 0 Å². The van der Waals surface area contributed by atoms with Crippen LogP contribution in [0.15, 0.2) is 112 Å². The number of nitrogens with zero attached hydrogens (tertiary/aromatic N) is 3. The molecular formula is C33H36N4. The summed E-state index contributed by atoms with van der Waals surface area (Å²) in [6, 6.07) is 35.7. The second kappa shape index (κ2) is 14.3. The van der Waals surface area contributed by atoms with Crippen LogP contribution in [0.3, 0.4) is 0 Å². The molecule has 0 fully saturated rings. The van der Waals surface area contributed by atoms with Gasteiger partial charge in [0.05, 0.1) is 30.6 Å². The van der Waals surface area contributed by atoms with Gasteiger partial charge in [-0.15, -0.1) is 0 Å². The SMILES string of the molecule is CC(=NCc1ccccc1)Nc1cc(C)cc(C)c1.Cc1cc(C)cc(N=C=NCc2ccccc2)c1. The number of hydrogen-bond acceptors (Lipinski definition) is 3. The predicted molar refractivity (Wildman–Crippen MR) is 158 cm³/mol. The molecule has 0 saturated heterocycles. The van der Waals surface area contributed by atoms with Gasteiger partial charge in [0, 0.05) is 5.69 Å². The third-order valence-corrected chi connectivity index (χ3v) is 5.45. The molecule has 0 aliphatic rings. The summed E-state index contributed by atoms with van der Waals surface area (Å²) in [7, 11) is 0. The number of nitrogens with one attached hydrogen (secondary N) is 1. The van der Waals surface area contributed by atoms with Gasteiger partial charge in [0.25, 0.3) is 0 Å². The Morgan fingerprint density at radius 2 is 1.14 bits per heavy atom. The molecule has 4 heteroatoms. The molecule has 4 aromatic rings. The summed E-state index contributed by atoms with van der Waals surface area (Å²) in [5.41, 5.74) is 9.34. The molecule has 0 bridgehead atoms. The Balaban J connectivity index is 0.000000206. The minimum atomic E-state index is 0.620. The lowest BCUT2D eigenvalue weighted by atomic mass is 10.1. The van der Waals surface area contributed by atoms with Crippen molar-refractivity contribution in [3.05, 3.63) is 130 Å². The lowest BCUT2D eigenvalue weighted by Gasteiger charge is -2.08. The van der Waals surface area contributed by atoms with Crippen LogP contribution >= 0.6 is 0 Å². The molecular weight excluding hydrogens is 452 g/mol. The fraction of sp³-hybridized carbons (Fsp3) is 0.212. The molecule has 37 heavy (non-hydrogen) atoms. The molecule has 0 heterocycles. The van der Waals surface area contributed by atoms with Gasteiger partial charge in [-0.1, -0.05) is 72.8 Å². The Kier molecular flexibility index (Phi) is 10.6.